The van der Waals surface area contributed by atoms with Gasteiger partial charge in [-0.2, -0.15) is 5.26 Å². The number of anilines is 1. The molecule has 1 heterocycles. The first kappa shape index (κ1) is 14.9. The van der Waals surface area contributed by atoms with Gasteiger partial charge in [-0.3, -0.25) is 0 Å². The van der Waals surface area contributed by atoms with Crippen molar-refractivity contribution in [3.63, 3.8) is 0 Å². The maximum absolute atomic E-state index is 8.81. The molecule has 100 valence electrons. The van der Waals surface area contributed by atoms with E-state index in [1.165, 1.54) is 0 Å². The first-order valence-electron chi connectivity index (χ1n) is 6.12. The smallest absolute Gasteiger partial charge is 0.185 e. The summed E-state index contributed by atoms with van der Waals surface area (Å²) in [6.45, 7) is 9.84. The second kappa shape index (κ2) is 6.17. The average molecular weight is 266 g/mol. The van der Waals surface area contributed by atoms with Crippen molar-refractivity contribution in [1.82, 2.24) is 10.3 Å². The number of nitriles is 1. The highest BCUT2D eigenvalue weighted by Gasteiger charge is 2.12. The van der Waals surface area contributed by atoms with Gasteiger partial charge in [0.05, 0.1) is 17.7 Å². The number of rotatable bonds is 5. The molecule has 1 aromatic heterocycles. The molecule has 0 spiro atoms. The Labute approximate surface area is 114 Å². The van der Waals surface area contributed by atoms with Crippen LogP contribution in [0.1, 0.15) is 33.4 Å². The van der Waals surface area contributed by atoms with Crippen LogP contribution >= 0.6 is 11.3 Å². The summed E-state index contributed by atoms with van der Waals surface area (Å²) < 4.78 is 0. The molecule has 0 saturated heterocycles. The van der Waals surface area contributed by atoms with Crippen molar-refractivity contribution in [2.75, 3.05) is 18.5 Å². The molecule has 0 saturated carbocycles. The highest BCUT2D eigenvalue weighted by Crippen LogP contribution is 2.20. The van der Waals surface area contributed by atoms with Crippen molar-refractivity contribution in [3.05, 3.63) is 11.1 Å². The van der Waals surface area contributed by atoms with Gasteiger partial charge in [-0.1, -0.05) is 0 Å². The summed E-state index contributed by atoms with van der Waals surface area (Å²) in [5.41, 5.74) is 1.16. The van der Waals surface area contributed by atoms with Crippen LogP contribution < -0.4 is 10.2 Å². The third-order valence-corrected chi connectivity index (χ3v) is 3.44. The average Bonchev–Trinajstić information content (AvgIpc) is 2.74. The summed E-state index contributed by atoms with van der Waals surface area (Å²) >= 11 is 1.63. The normalized spacial score (nSPS) is 13.1. The zero-order valence-corrected chi connectivity index (χ0v) is 12.6. The van der Waals surface area contributed by atoms with Gasteiger partial charge in [0, 0.05) is 31.1 Å². The molecule has 18 heavy (non-hydrogen) atoms. The van der Waals surface area contributed by atoms with Crippen LogP contribution in [0.5, 0.6) is 0 Å². The molecular weight excluding hydrogens is 244 g/mol. The van der Waals surface area contributed by atoms with E-state index < -0.39 is 0 Å². The minimum Gasteiger partial charge on any atom is -0.350 e. The summed E-state index contributed by atoms with van der Waals surface area (Å²) in [6, 6.07) is 2.24. The van der Waals surface area contributed by atoms with Crippen molar-refractivity contribution in [1.29, 1.82) is 5.26 Å². The summed E-state index contributed by atoms with van der Waals surface area (Å²) in [7, 11) is 1.98. The topological polar surface area (TPSA) is 52.0 Å². The largest absolute Gasteiger partial charge is 0.350 e. The van der Waals surface area contributed by atoms with Gasteiger partial charge >= 0.3 is 0 Å². The molecule has 1 atom stereocenters. The minimum atomic E-state index is 0.0232. The standard InChI is InChI=1S/C13H22N4S/c1-10(6-14)8-17(5)12-16-11(9-18-12)7-15-13(2,3)4/h9-10,15H,7-8H2,1-5H3. The third kappa shape index (κ3) is 5.03. The predicted molar refractivity (Wildman–Crippen MR) is 76.8 cm³/mol. The van der Waals surface area contributed by atoms with E-state index in [0.717, 1.165) is 23.9 Å². The molecular formula is C13H22N4S. The molecule has 1 aromatic rings. The fourth-order valence-corrected chi connectivity index (χ4v) is 2.24. The number of nitrogens with zero attached hydrogens (tertiary/aromatic N) is 3. The molecule has 0 aromatic carbocycles. The van der Waals surface area contributed by atoms with Gasteiger partial charge in [-0.15, -0.1) is 11.3 Å². The Morgan fingerprint density at radius 1 is 1.56 bits per heavy atom. The van der Waals surface area contributed by atoms with Gasteiger partial charge in [-0.25, -0.2) is 4.98 Å². The second-order valence-electron chi connectivity index (χ2n) is 5.64. The molecule has 0 amide bonds. The molecule has 0 radical (unpaired) electrons. The van der Waals surface area contributed by atoms with Crippen molar-refractivity contribution in [2.45, 2.75) is 39.8 Å². The highest BCUT2D eigenvalue weighted by molar-refractivity contribution is 7.13. The summed E-state index contributed by atoms with van der Waals surface area (Å²) in [5.74, 6) is 0.0232. The number of hydrogen-bond donors (Lipinski definition) is 1. The summed E-state index contributed by atoms with van der Waals surface area (Å²) in [6.07, 6.45) is 0. The Balaban J connectivity index is 2.55. The first-order valence-corrected chi connectivity index (χ1v) is 7.00. The monoisotopic (exact) mass is 266 g/mol. The van der Waals surface area contributed by atoms with E-state index in [0.29, 0.717) is 0 Å². The summed E-state index contributed by atoms with van der Waals surface area (Å²) in [5, 5.41) is 15.3. The second-order valence-corrected chi connectivity index (χ2v) is 6.47. The SMILES string of the molecule is CC(C#N)CN(C)c1nc(CNC(C)(C)C)cs1. The molecule has 1 unspecified atom stereocenters. The minimum absolute atomic E-state index is 0.0232. The van der Waals surface area contributed by atoms with Crippen LogP contribution in [0, 0.1) is 17.2 Å². The van der Waals surface area contributed by atoms with Gasteiger partial charge < -0.3 is 10.2 Å². The molecule has 0 fully saturated rings. The lowest BCUT2D eigenvalue weighted by molar-refractivity contribution is 0.422. The Morgan fingerprint density at radius 2 is 2.22 bits per heavy atom. The van der Waals surface area contributed by atoms with Gasteiger partial charge in [0.2, 0.25) is 0 Å². The fraction of sp³-hybridized carbons (Fsp3) is 0.692. The molecule has 0 bridgehead atoms. The maximum Gasteiger partial charge on any atom is 0.185 e. The van der Waals surface area contributed by atoms with Crippen LogP contribution in [0.25, 0.3) is 0 Å². The highest BCUT2D eigenvalue weighted by atomic mass is 32.1. The van der Waals surface area contributed by atoms with E-state index in [1.807, 2.05) is 18.9 Å². The Bertz CT molecular complexity index is 413. The van der Waals surface area contributed by atoms with Crippen molar-refractivity contribution < 1.29 is 0 Å². The van der Waals surface area contributed by atoms with Crippen LogP contribution in [0.4, 0.5) is 5.13 Å². The molecule has 5 heteroatoms. The van der Waals surface area contributed by atoms with Gasteiger partial charge in [0.1, 0.15) is 0 Å². The van der Waals surface area contributed by atoms with Gasteiger partial charge in [-0.05, 0) is 27.7 Å². The molecule has 4 nitrogen and oxygen atoms in total. The van der Waals surface area contributed by atoms with E-state index in [1.54, 1.807) is 11.3 Å². The molecule has 1 rings (SSSR count). The lowest BCUT2D eigenvalue weighted by Crippen LogP contribution is -2.35. The summed E-state index contributed by atoms with van der Waals surface area (Å²) in [4.78, 5) is 6.61. The molecule has 0 aliphatic rings. The van der Waals surface area contributed by atoms with Crippen LogP contribution in [-0.2, 0) is 6.54 Å². The number of thiazole rings is 1. The Morgan fingerprint density at radius 3 is 2.78 bits per heavy atom. The van der Waals surface area contributed by atoms with Crippen molar-refractivity contribution >= 4 is 16.5 Å². The van der Waals surface area contributed by atoms with E-state index >= 15 is 0 Å². The van der Waals surface area contributed by atoms with E-state index in [4.69, 9.17) is 5.26 Å². The lowest BCUT2D eigenvalue weighted by Gasteiger charge is -2.19. The number of aromatic nitrogens is 1. The third-order valence-electron chi connectivity index (χ3n) is 2.43. The zero-order chi connectivity index (χ0) is 13.8. The van der Waals surface area contributed by atoms with Crippen molar-refractivity contribution in [2.24, 2.45) is 5.92 Å². The molecule has 0 aliphatic carbocycles. The van der Waals surface area contributed by atoms with Gasteiger partial charge in [0.25, 0.3) is 0 Å². The predicted octanol–water partition coefficient (Wildman–Crippen LogP) is 2.63. The van der Waals surface area contributed by atoms with Crippen LogP contribution in [0.15, 0.2) is 5.38 Å². The first-order chi connectivity index (χ1) is 8.31. The van der Waals surface area contributed by atoms with Crippen molar-refractivity contribution in [3.8, 4) is 6.07 Å². The van der Waals surface area contributed by atoms with Gasteiger partial charge in [0.15, 0.2) is 5.13 Å². The number of hydrogen-bond acceptors (Lipinski definition) is 5. The Kier molecular flexibility index (Phi) is 5.12. The Hall–Kier alpha value is -1.12. The molecule has 0 aliphatic heterocycles. The van der Waals surface area contributed by atoms with E-state index in [-0.39, 0.29) is 11.5 Å². The van der Waals surface area contributed by atoms with E-state index in [2.05, 4.69) is 42.5 Å². The van der Waals surface area contributed by atoms with Crippen LogP contribution in [0.2, 0.25) is 0 Å². The quantitative estimate of drug-likeness (QED) is 0.890. The molecule has 1 N–H and O–H groups in total. The van der Waals surface area contributed by atoms with Crippen LogP contribution in [0.3, 0.4) is 0 Å². The zero-order valence-electron chi connectivity index (χ0n) is 11.8. The number of nitrogens with one attached hydrogen (secondary N) is 1. The van der Waals surface area contributed by atoms with E-state index in [9.17, 15) is 0 Å². The fourth-order valence-electron chi connectivity index (χ4n) is 1.44. The maximum atomic E-state index is 8.81. The lowest BCUT2D eigenvalue weighted by atomic mass is 10.1. The van der Waals surface area contributed by atoms with Crippen LogP contribution in [-0.4, -0.2) is 24.1 Å².